The fourth-order valence-corrected chi connectivity index (χ4v) is 1.02. The summed E-state index contributed by atoms with van der Waals surface area (Å²) in [5.74, 6) is -0.0000321. The maximum absolute atomic E-state index is 11.2. The van der Waals surface area contributed by atoms with Crippen molar-refractivity contribution in [2.75, 3.05) is 7.11 Å². The van der Waals surface area contributed by atoms with Gasteiger partial charge in [0.15, 0.2) is 5.76 Å². The van der Waals surface area contributed by atoms with Crippen LogP contribution in [0.3, 0.4) is 0 Å². The van der Waals surface area contributed by atoms with E-state index in [1.54, 1.807) is 0 Å². The van der Waals surface area contributed by atoms with Gasteiger partial charge in [-0.05, 0) is 18.2 Å². The predicted molar refractivity (Wildman–Crippen MR) is 62.4 cm³/mol. The molecule has 0 aromatic carbocycles. The summed E-state index contributed by atoms with van der Waals surface area (Å²) in [6.45, 7) is 0. The Kier molecular flexibility index (Phi) is 5.08. The molecule has 0 amide bonds. The summed E-state index contributed by atoms with van der Waals surface area (Å²) in [6, 6.07) is 0. The number of hydrogen-bond acceptors (Lipinski definition) is 4. The summed E-state index contributed by atoms with van der Waals surface area (Å²) < 4.78 is 4.84. The monoisotopic (exact) mass is 261 g/mol. The van der Waals surface area contributed by atoms with Crippen LogP contribution in [0.5, 0.6) is 0 Å². The van der Waals surface area contributed by atoms with Gasteiger partial charge in [0.1, 0.15) is 16.8 Å². The Hall–Kier alpha value is -1.26. The third-order valence-corrected chi connectivity index (χ3v) is 1.88. The van der Waals surface area contributed by atoms with Gasteiger partial charge < -0.3 is 9.57 Å². The average molecular weight is 262 g/mol. The Bertz CT molecular complexity index is 384. The van der Waals surface area contributed by atoms with Crippen molar-refractivity contribution in [3.63, 3.8) is 0 Å². The molecule has 0 unspecified atom stereocenters. The van der Waals surface area contributed by atoms with E-state index in [1.807, 2.05) is 0 Å². The average Bonchev–Trinajstić information content (AvgIpc) is 2.26. The van der Waals surface area contributed by atoms with E-state index in [-0.39, 0.29) is 11.5 Å². The van der Waals surface area contributed by atoms with Crippen LogP contribution in [-0.4, -0.2) is 23.4 Å². The maximum atomic E-state index is 11.2. The van der Waals surface area contributed by atoms with Crippen LogP contribution in [0.25, 0.3) is 0 Å². The molecule has 6 heteroatoms. The van der Waals surface area contributed by atoms with Gasteiger partial charge >= 0.3 is 0 Å². The zero-order chi connectivity index (χ0) is 12.0. The van der Waals surface area contributed by atoms with Crippen LogP contribution in [0.2, 0.25) is 0 Å². The molecule has 0 N–H and O–H groups in total. The first kappa shape index (κ1) is 12.8. The number of nitrogens with zero attached hydrogens (tertiary/aromatic N) is 1. The lowest BCUT2D eigenvalue weighted by molar-refractivity contribution is -0.114. The molecule has 1 rings (SSSR count). The molecule has 16 heavy (non-hydrogen) atoms. The van der Waals surface area contributed by atoms with Gasteiger partial charge in [0.2, 0.25) is 5.78 Å². The standard InChI is InChI=1S/C10H9Cl2NO3/c1-15-9-6-7(2-3-8(9)14)13-16-5-4-10(11)12/h2-6,10H,1H3. The van der Waals surface area contributed by atoms with E-state index in [9.17, 15) is 4.79 Å². The van der Waals surface area contributed by atoms with E-state index in [2.05, 4.69) is 5.16 Å². The van der Waals surface area contributed by atoms with Crippen molar-refractivity contribution in [2.45, 2.75) is 4.84 Å². The number of halogens is 2. The summed E-state index contributed by atoms with van der Waals surface area (Å²) in [7, 11) is 1.41. The molecule has 1 aliphatic carbocycles. The number of hydrogen-bond donors (Lipinski definition) is 0. The number of rotatable bonds is 4. The second-order valence-electron chi connectivity index (χ2n) is 2.69. The molecule has 0 aliphatic heterocycles. The molecule has 1 aliphatic rings. The van der Waals surface area contributed by atoms with Crippen LogP contribution in [0.1, 0.15) is 0 Å². The zero-order valence-electron chi connectivity index (χ0n) is 8.39. The molecule has 86 valence electrons. The number of alkyl halides is 2. The van der Waals surface area contributed by atoms with Gasteiger partial charge in [-0.1, -0.05) is 5.16 Å². The van der Waals surface area contributed by atoms with E-state index in [0.29, 0.717) is 5.71 Å². The Morgan fingerprint density at radius 3 is 2.81 bits per heavy atom. The number of carbonyl (C=O) groups is 1. The van der Waals surface area contributed by atoms with Gasteiger partial charge in [0, 0.05) is 6.08 Å². The van der Waals surface area contributed by atoms with Gasteiger partial charge in [-0.25, -0.2) is 0 Å². The van der Waals surface area contributed by atoms with E-state index in [1.165, 1.54) is 37.7 Å². The number of methoxy groups -OCH3 is 1. The molecule has 0 saturated heterocycles. The highest BCUT2D eigenvalue weighted by Gasteiger charge is 2.12. The third kappa shape index (κ3) is 4.08. The lowest BCUT2D eigenvalue weighted by Crippen LogP contribution is -2.09. The van der Waals surface area contributed by atoms with Gasteiger partial charge in [-0.3, -0.25) is 4.79 Å². The first-order chi connectivity index (χ1) is 7.63. The van der Waals surface area contributed by atoms with Crippen molar-refractivity contribution in [1.82, 2.24) is 0 Å². The first-order valence-electron chi connectivity index (χ1n) is 4.30. The fraction of sp³-hybridized carbons (Fsp3) is 0.200. The summed E-state index contributed by atoms with van der Waals surface area (Å²) in [5.41, 5.74) is 0.460. The number of ketones is 1. The number of ether oxygens (including phenoxy) is 1. The summed E-state index contributed by atoms with van der Waals surface area (Å²) in [6.07, 6.45) is 6.98. The highest BCUT2D eigenvalue weighted by Crippen LogP contribution is 2.07. The predicted octanol–water partition coefficient (Wildman–Crippen LogP) is 2.35. The number of carbonyl (C=O) groups excluding carboxylic acids is 1. The molecule has 0 atom stereocenters. The molecule has 0 aromatic rings. The molecule has 0 radical (unpaired) electrons. The SMILES string of the molecule is COC1=CC(=NOC=CC(Cl)Cl)C=CC1=O. The molecule has 0 heterocycles. The molecule has 0 saturated carbocycles. The Balaban J connectivity index is 2.61. The van der Waals surface area contributed by atoms with Gasteiger partial charge in [-0.2, -0.15) is 0 Å². The summed E-state index contributed by atoms with van der Waals surface area (Å²) in [5, 5.41) is 3.70. The van der Waals surface area contributed by atoms with Crippen molar-refractivity contribution >= 4 is 34.7 Å². The van der Waals surface area contributed by atoms with Crippen molar-refractivity contribution < 1.29 is 14.4 Å². The number of oxime groups is 1. The van der Waals surface area contributed by atoms with Crippen molar-refractivity contribution in [2.24, 2.45) is 5.16 Å². The lowest BCUT2D eigenvalue weighted by atomic mass is 10.1. The van der Waals surface area contributed by atoms with Crippen LogP contribution >= 0.6 is 23.2 Å². The smallest absolute Gasteiger partial charge is 0.220 e. The van der Waals surface area contributed by atoms with E-state index >= 15 is 0 Å². The largest absolute Gasteiger partial charge is 0.493 e. The molecule has 0 bridgehead atoms. The minimum absolute atomic E-state index is 0.210. The zero-order valence-corrected chi connectivity index (χ0v) is 9.90. The molecular formula is C10H9Cl2NO3. The van der Waals surface area contributed by atoms with Crippen LogP contribution in [0.4, 0.5) is 0 Å². The second-order valence-corrected chi connectivity index (χ2v) is 3.86. The topological polar surface area (TPSA) is 47.9 Å². The Morgan fingerprint density at radius 1 is 1.44 bits per heavy atom. The normalized spacial score (nSPS) is 18.4. The molecule has 0 spiro atoms. The van der Waals surface area contributed by atoms with Gasteiger partial charge in [0.05, 0.1) is 7.11 Å². The third-order valence-electron chi connectivity index (χ3n) is 1.59. The van der Waals surface area contributed by atoms with E-state index in [4.69, 9.17) is 32.8 Å². The van der Waals surface area contributed by atoms with Crippen molar-refractivity contribution in [1.29, 1.82) is 0 Å². The highest BCUT2D eigenvalue weighted by molar-refractivity contribution is 6.45. The van der Waals surface area contributed by atoms with Gasteiger partial charge in [0.25, 0.3) is 0 Å². The molecule has 4 nitrogen and oxygen atoms in total. The fourth-order valence-electron chi connectivity index (χ4n) is 0.899. The Morgan fingerprint density at radius 2 is 2.19 bits per heavy atom. The molecular weight excluding hydrogens is 253 g/mol. The van der Waals surface area contributed by atoms with E-state index < -0.39 is 4.84 Å². The second kappa shape index (κ2) is 6.35. The lowest BCUT2D eigenvalue weighted by Gasteiger charge is -2.05. The van der Waals surface area contributed by atoms with Crippen LogP contribution in [-0.2, 0) is 14.4 Å². The van der Waals surface area contributed by atoms with Crippen LogP contribution in [0, 0.1) is 0 Å². The van der Waals surface area contributed by atoms with Crippen LogP contribution in [0.15, 0.2) is 41.5 Å². The molecule has 0 fully saturated rings. The van der Waals surface area contributed by atoms with Crippen LogP contribution < -0.4 is 0 Å². The Labute approximate surface area is 103 Å². The molecule has 0 aromatic heterocycles. The van der Waals surface area contributed by atoms with Crippen molar-refractivity contribution in [3.05, 3.63) is 36.3 Å². The maximum Gasteiger partial charge on any atom is 0.220 e. The van der Waals surface area contributed by atoms with Gasteiger partial charge in [-0.15, -0.1) is 23.2 Å². The highest BCUT2D eigenvalue weighted by atomic mass is 35.5. The number of allylic oxidation sites excluding steroid dienone is 4. The minimum Gasteiger partial charge on any atom is -0.493 e. The first-order valence-corrected chi connectivity index (χ1v) is 5.17. The quantitative estimate of drug-likeness (QED) is 0.338. The summed E-state index contributed by atoms with van der Waals surface area (Å²) in [4.78, 5) is 15.3. The van der Waals surface area contributed by atoms with E-state index in [0.717, 1.165) is 0 Å². The van der Waals surface area contributed by atoms with Crippen molar-refractivity contribution in [3.8, 4) is 0 Å². The minimum atomic E-state index is -0.645. The summed E-state index contributed by atoms with van der Waals surface area (Å²) >= 11 is 10.8.